The molecule has 2 rings (SSSR count). The third-order valence-electron chi connectivity index (χ3n) is 2.65. The monoisotopic (exact) mass is 334 g/mol. The summed E-state index contributed by atoms with van der Waals surface area (Å²) in [6.07, 6.45) is -4.58. The third-order valence-corrected chi connectivity index (χ3v) is 3.92. The minimum atomic E-state index is -4.58. The highest BCUT2D eigenvalue weighted by Crippen LogP contribution is 2.35. The first-order valence-electron chi connectivity index (χ1n) is 5.59. The van der Waals surface area contributed by atoms with Gasteiger partial charge < -0.3 is 9.72 Å². The number of aromatic amines is 1. The van der Waals surface area contributed by atoms with Crippen molar-refractivity contribution in [3.05, 3.63) is 32.4 Å². The van der Waals surface area contributed by atoms with Gasteiger partial charge in [-0.2, -0.15) is 13.2 Å². The molecular weight excluding hydrogens is 325 g/mol. The molecule has 0 amide bonds. The maximum absolute atomic E-state index is 12.8. The highest BCUT2D eigenvalue weighted by molar-refractivity contribution is 7.71. The number of H-pyrrole nitrogens is 1. The number of aromatic nitrogens is 2. The third kappa shape index (κ3) is 3.13. The van der Waals surface area contributed by atoms with Gasteiger partial charge in [0.2, 0.25) is 0 Å². The molecule has 21 heavy (non-hydrogen) atoms. The van der Waals surface area contributed by atoms with Crippen LogP contribution in [0.15, 0.2) is 11.4 Å². The molecule has 0 aliphatic heterocycles. The van der Waals surface area contributed by atoms with Crippen LogP contribution in [0.5, 0.6) is 0 Å². The van der Waals surface area contributed by atoms with Crippen LogP contribution in [0.1, 0.15) is 20.9 Å². The van der Waals surface area contributed by atoms with E-state index >= 15 is 0 Å². The summed E-state index contributed by atoms with van der Waals surface area (Å²) < 4.78 is 42.8. The Balaban J connectivity index is 2.68. The summed E-state index contributed by atoms with van der Waals surface area (Å²) in [5.41, 5.74) is -0.0942. The number of alkyl halides is 3. The van der Waals surface area contributed by atoms with Crippen molar-refractivity contribution in [3.63, 3.8) is 0 Å². The van der Waals surface area contributed by atoms with E-state index in [9.17, 15) is 18.0 Å². The van der Waals surface area contributed by atoms with Gasteiger partial charge in [-0.3, -0.25) is 0 Å². The number of hydrogen-bond donors (Lipinski definition) is 1. The van der Waals surface area contributed by atoms with Crippen molar-refractivity contribution in [2.75, 3.05) is 7.11 Å². The lowest BCUT2D eigenvalue weighted by molar-refractivity contribution is -0.141. The number of esters is 1. The van der Waals surface area contributed by atoms with Crippen LogP contribution < -0.4 is 0 Å². The lowest BCUT2D eigenvalue weighted by atomic mass is 10.1. The number of halogens is 3. The Bertz CT molecular complexity index is 750. The van der Waals surface area contributed by atoms with Crippen molar-refractivity contribution in [1.82, 2.24) is 9.97 Å². The molecule has 0 aromatic carbocycles. The average Bonchev–Trinajstić information content (AvgIpc) is 2.78. The summed E-state index contributed by atoms with van der Waals surface area (Å²) in [6.45, 7) is 1.67. The fourth-order valence-electron chi connectivity index (χ4n) is 1.74. The van der Waals surface area contributed by atoms with E-state index in [-0.39, 0.29) is 15.3 Å². The zero-order valence-corrected chi connectivity index (χ0v) is 12.5. The van der Waals surface area contributed by atoms with Gasteiger partial charge in [-0.15, -0.1) is 11.3 Å². The Morgan fingerprint density at radius 2 is 2.14 bits per heavy atom. The van der Waals surface area contributed by atoms with E-state index in [0.717, 1.165) is 17.4 Å². The molecule has 0 atom stereocenters. The maximum atomic E-state index is 12.8. The summed E-state index contributed by atoms with van der Waals surface area (Å²) in [5, 5.41) is 1.65. The topological polar surface area (TPSA) is 55.0 Å². The van der Waals surface area contributed by atoms with E-state index in [4.69, 9.17) is 12.2 Å². The standard InChI is InChI=1S/C12H9F3N2O2S2/c1-5-4-21-9(10(18)19-2)8(5)6-3-7(12(13,14)15)17-11(20)16-6/h3-4H,1-2H3,(H,16,17,20). The van der Waals surface area contributed by atoms with E-state index in [0.29, 0.717) is 11.1 Å². The lowest BCUT2D eigenvalue weighted by Gasteiger charge is -2.09. The molecule has 0 spiro atoms. The number of ether oxygens (including phenoxy) is 1. The molecule has 0 aliphatic rings. The lowest BCUT2D eigenvalue weighted by Crippen LogP contribution is -2.10. The number of aryl methyl sites for hydroxylation is 1. The summed E-state index contributed by atoms with van der Waals surface area (Å²) in [4.78, 5) is 17.8. The molecule has 2 heterocycles. The van der Waals surface area contributed by atoms with Crippen LogP contribution >= 0.6 is 23.6 Å². The molecule has 0 saturated carbocycles. The number of carbonyl (C=O) groups excluding carboxylic acids is 1. The van der Waals surface area contributed by atoms with Gasteiger partial charge in [0.1, 0.15) is 10.6 Å². The van der Waals surface area contributed by atoms with Crippen molar-refractivity contribution in [1.29, 1.82) is 0 Å². The molecule has 2 aromatic heterocycles. The molecule has 2 aromatic rings. The van der Waals surface area contributed by atoms with Crippen LogP contribution in [0.4, 0.5) is 13.2 Å². The zero-order chi connectivity index (χ0) is 15.8. The first-order valence-corrected chi connectivity index (χ1v) is 6.88. The van der Waals surface area contributed by atoms with Crippen molar-refractivity contribution >= 4 is 29.5 Å². The highest BCUT2D eigenvalue weighted by Gasteiger charge is 2.33. The number of methoxy groups -OCH3 is 1. The molecule has 0 bridgehead atoms. The van der Waals surface area contributed by atoms with Crippen molar-refractivity contribution < 1.29 is 22.7 Å². The molecule has 0 unspecified atom stereocenters. The Hall–Kier alpha value is -1.74. The van der Waals surface area contributed by atoms with E-state index in [2.05, 4.69) is 9.72 Å². The normalized spacial score (nSPS) is 11.5. The second kappa shape index (κ2) is 5.57. The van der Waals surface area contributed by atoms with Gasteiger partial charge in [-0.05, 0) is 36.2 Å². The SMILES string of the molecule is COC(=O)c1scc(C)c1-c1cc(C(F)(F)F)[nH]c(=S)n1. The quantitative estimate of drug-likeness (QED) is 0.667. The van der Waals surface area contributed by atoms with E-state index in [1.54, 1.807) is 12.3 Å². The molecular formula is C12H9F3N2O2S2. The second-order valence-corrected chi connectivity index (χ2v) is 5.36. The number of nitrogens with zero attached hydrogens (tertiary/aromatic N) is 1. The van der Waals surface area contributed by atoms with Gasteiger partial charge in [-0.1, -0.05) is 0 Å². The number of hydrogen-bond acceptors (Lipinski definition) is 5. The Morgan fingerprint density at radius 3 is 2.71 bits per heavy atom. The van der Waals surface area contributed by atoms with Gasteiger partial charge in [0.05, 0.1) is 12.8 Å². The summed E-state index contributed by atoms with van der Waals surface area (Å²) in [5.74, 6) is -0.628. The van der Waals surface area contributed by atoms with Crippen LogP contribution in [-0.4, -0.2) is 23.0 Å². The van der Waals surface area contributed by atoms with Crippen LogP contribution in [0, 0.1) is 11.7 Å². The van der Waals surface area contributed by atoms with E-state index in [1.165, 1.54) is 7.11 Å². The molecule has 0 fully saturated rings. The maximum Gasteiger partial charge on any atom is 0.431 e. The molecule has 9 heteroatoms. The average molecular weight is 334 g/mol. The number of nitrogens with one attached hydrogen (secondary N) is 1. The molecule has 0 saturated heterocycles. The molecule has 1 N–H and O–H groups in total. The second-order valence-electron chi connectivity index (χ2n) is 4.10. The van der Waals surface area contributed by atoms with Crippen LogP contribution in [0.3, 0.4) is 0 Å². The van der Waals surface area contributed by atoms with Crippen molar-refractivity contribution in [2.45, 2.75) is 13.1 Å². The number of carbonyl (C=O) groups is 1. The predicted octanol–water partition coefficient (Wildman–Crippen LogP) is 3.98. The summed E-state index contributed by atoms with van der Waals surface area (Å²) in [7, 11) is 1.20. The van der Waals surface area contributed by atoms with Crippen LogP contribution in [0.2, 0.25) is 0 Å². The van der Waals surface area contributed by atoms with Crippen LogP contribution in [0.25, 0.3) is 11.3 Å². The molecule has 0 radical (unpaired) electrons. The summed E-state index contributed by atoms with van der Waals surface area (Å²) >= 11 is 5.81. The Labute approximate surface area is 126 Å². The summed E-state index contributed by atoms with van der Waals surface area (Å²) in [6, 6.07) is 0.831. The Kier molecular flexibility index (Phi) is 4.15. The first kappa shape index (κ1) is 15.6. The highest BCUT2D eigenvalue weighted by atomic mass is 32.1. The molecule has 0 aliphatic carbocycles. The fourth-order valence-corrected chi connectivity index (χ4v) is 2.93. The zero-order valence-electron chi connectivity index (χ0n) is 10.9. The van der Waals surface area contributed by atoms with Gasteiger partial charge in [0.25, 0.3) is 0 Å². The van der Waals surface area contributed by atoms with Gasteiger partial charge >= 0.3 is 12.1 Å². The number of rotatable bonds is 2. The fraction of sp³-hybridized carbons (Fsp3) is 0.250. The predicted molar refractivity (Wildman–Crippen MR) is 73.8 cm³/mol. The molecule has 4 nitrogen and oxygen atoms in total. The minimum Gasteiger partial charge on any atom is -0.465 e. The largest absolute Gasteiger partial charge is 0.465 e. The van der Waals surface area contributed by atoms with E-state index < -0.39 is 17.8 Å². The van der Waals surface area contributed by atoms with Gasteiger partial charge in [-0.25, -0.2) is 9.78 Å². The van der Waals surface area contributed by atoms with Crippen LogP contribution in [-0.2, 0) is 10.9 Å². The Morgan fingerprint density at radius 1 is 1.48 bits per heavy atom. The van der Waals surface area contributed by atoms with Crippen molar-refractivity contribution in [2.24, 2.45) is 0 Å². The van der Waals surface area contributed by atoms with Gasteiger partial charge in [0.15, 0.2) is 4.77 Å². The smallest absolute Gasteiger partial charge is 0.431 e. The first-order chi connectivity index (χ1) is 9.74. The van der Waals surface area contributed by atoms with E-state index in [1.807, 2.05) is 4.98 Å². The number of thiophene rings is 1. The van der Waals surface area contributed by atoms with Crippen molar-refractivity contribution in [3.8, 4) is 11.3 Å². The van der Waals surface area contributed by atoms with Gasteiger partial charge in [0, 0.05) is 5.56 Å². The minimum absolute atomic E-state index is 0.00905. The molecule has 112 valence electrons.